The quantitative estimate of drug-likeness (QED) is 0.803. The molecule has 0 saturated heterocycles. The SMILES string of the molecule is CCc1ccc(OC)c(NC(=O)CCl)c1. The van der Waals surface area contributed by atoms with E-state index >= 15 is 0 Å². The van der Waals surface area contributed by atoms with Gasteiger partial charge in [0.05, 0.1) is 12.8 Å². The molecule has 0 aliphatic heterocycles. The van der Waals surface area contributed by atoms with Crippen LogP contribution in [0.2, 0.25) is 0 Å². The Hall–Kier alpha value is -1.22. The molecule has 0 spiro atoms. The van der Waals surface area contributed by atoms with Gasteiger partial charge in [0.15, 0.2) is 0 Å². The minimum atomic E-state index is -0.233. The van der Waals surface area contributed by atoms with Crippen LogP contribution >= 0.6 is 11.6 Å². The minimum absolute atomic E-state index is 0.0560. The summed E-state index contributed by atoms with van der Waals surface area (Å²) in [6.07, 6.45) is 0.910. The van der Waals surface area contributed by atoms with Crippen molar-refractivity contribution in [3.8, 4) is 5.75 Å². The summed E-state index contributed by atoms with van der Waals surface area (Å²) >= 11 is 5.42. The highest BCUT2D eigenvalue weighted by molar-refractivity contribution is 6.29. The molecule has 82 valence electrons. The number of anilines is 1. The number of halogens is 1. The van der Waals surface area contributed by atoms with Crippen molar-refractivity contribution in [2.75, 3.05) is 18.3 Å². The van der Waals surface area contributed by atoms with Crippen LogP contribution in [-0.4, -0.2) is 18.9 Å². The fourth-order valence-electron chi connectivity index (χ4n) is 1.26. The molecule has 0 aliphatic carbocycles. The van der Waals surface area contributed by atoms with Gasteiger partial charge in [-0.3, -0.25) is 4.79 Å². The monoisotopic (exact) mass is 227 g/mol. The fourth-order valence-corrected chi connectivity index (χ4v) is 1.32. The van der Waals surface area contributed by atoms with E-state index < -0.39 is 0 Å². The number of aryl methyl sites for hydroxylation is 1. The molecule has 4 heteroatoms. The van der Waals surface area contributed by atoms with E-state index in [9.17, 15) is 4.79 Å². The molecule has 0 radical (unpaired) electrons. The highest BCUT2D eigenvalue weighted by Gasteiger charge is 2.06. The predicted molar refractivity (Wildman–Crippen MR) is 61.7 cm³/mol. The Balaban J connectivity index is 2.95. The number of carbonyl (C=O) groups is 1. The molecule has 0 heterocycles. The van der Waals surface area contributed by atoms with Gasteiger partial charge in [-0.05, 0) is 24.1 Å². The third kappa shape index (κ3) is 3.13. The second kappa shape index (κ2) is 5.61. The zero-order valence-electron chi connectivity index (χ0n) is 8.84. The van der Waals surface area contributed by atoms with Gasteiger partial charge in [0.1, 0.15) is 11.6 Å². The molecule has 0 aromatic heterocycles. The lowest BCUT2D eigenvalue weighted by molar-refractivity contribution is -0.113. The highest BCUT2D eigenvalue weighted by Crippen LogP contribution is 2.25. The van der Waals surface area contributed by atoms with Crippen LogP contribution in [0.25, 0.3) is 0 Å². The Morgan fingerprint density at radius 2 is 2.27 bits per heavy atom. The zero-order valence-corrected chi connectivity index (χ0v) is 9.60. The molecule has 1 rings (SSSR count). The number of alkyl halides is 1. The smallest absolute Gasteiger partial charge is 0.239 e. The van der Waals surface area contributed by atoms with Crippen molar-refractivity contribution in [2.24, 2.45) is 0 Å². The third-order valence-corrected chi connectivity index (χ3v) is 2.31. The number of benzene rings is 1. The van der Waals surface area contributed by atoms with Gasteiger partial charge in [-0.15, -0.1) is 11.6 Å². The molecule has 1 aromatic rings. The molecule has 0 aliphatic rings. The molecular formula is C11H14ClNO2. The topological polar surface area (TPSA) is 38.3 Å². The number of hydrogen-bond acceptors (Lipinski definition) is 2. The molecule has 0 atom stereocenters. The first-order valence-electron chi connectivity index (χ1n) is 4.74. The summed E-state index contributed by atoms with van der Waals surface area (Å²) in [6, 6.07) is 5.70. The average Bonchev–Trinajstić information content (AvgIpc) is 2.28. The minimum Gasteiger partial charge on any atom is -0.495 e. The lowest BCUT2D eigenvalue weighted by atomic mass is 10.1. The van der Waals surface area contributed by atoms with Crippen molar-refractivity contribution >= 4 is 23.2 Å². The first-order chi connectivity index (χ1) is 7.21. The molecule has 0 fully saturated rings. The van der Waals surface area contributed by atoms with E-state index in [2.05, 4.69) is 12.2 Å². The highest BCUT2D eigenvalue weighted by atomic mass is 35.5. The zero-order chi connectivity index (χ0) is 11.3. The first kappa shape index (κ1) is 11.9. The molecule has 0 bridgehead atoms. The molecule has 1 amide bonds. The number of ether oxygens (including phenoxy) is 1. The summed E-state index contributed by atoms with van der Waals surface area (Å²) < 4.78 is 5.13. The van der Waals surface area contributed by atoms with Crippen molar-refractivity contribution in [1.29, 1.82) is 0 Å². The standard InChI is InChI=1S/C11H14ClNO2/c1-3-8-4-5-10(15-2)9(6-8)13-11(14)7-12/h4-6H,3,7H2,1-2H3,(H,13,14). The van der Waals surface area contributed by atoms with E-state index in [0.29, 0.717) is 11.4 Å². The van der Waals surface area contributed by atoms with Crippen LogP contribution < -0.4 is 10.1 Å². The van der Waals surface area contributed by atoms with Crippen molar-refractivity contribution in [3.05, 3.63) is 23.8 Å². The van der Waals surface area contributed by atoms with Crippen LogP contribution in [-0.2, 0) is 11.2 Å². The third-order valence-electron chi connectivity index (χ3n) is 2.07. The maximum absolute atomic E-state index is 11.2. The fraction of sp³-hybridized carbons (Fsp3) is 0.364. The van der Waals surface area contributed by atoms with Crippen LogP contribution in [0.15, 0.2) is 18.2 Å². The number of methoxy groups -OCH3 is 1. The molecule has 3 nitrogen and oxygen atoms in total. The Bertz CT molecular complexity index is 352. The first-order valence-corrected chi connectivity index (χ1v) is 5.27. The van der Waals surface area contributed by atoms with Crippen LogP contribution in [0.4, 0.5) is 5.69 Å². The molecule has 0 saturated carbocycles. The van der Waals surface area contributed by atoms with Crippen molar-refractivity contribution in [1.82, 2.24) is 0 Å². The van der Waals surface area contributed by atoms with E-state index in [1.54, 1.807) is 7.11 Å². The van der Waals surface area contributed by atoms with Crippen LogP contribution in [0.1, 0.15) is 12.5 Å². The lowest BCUT2D eigenvalue weighted by Gasteiger charge is -2.10. The van der Waals surface area contributed by atoms with Gasteiger partial charge in [0.2, 0.25) is 5.91 Å². The van der Waals surface area contributed by atoms with Crippen molar-refractivity contribution in [3.63, 3.8) is 0 Å². The van der Waals surface area contributed by atoms with Crippen molar-refractivity contribution in [2.45, 2.75) is 13.3 Å². The largest absolute Gasteiger partial charge is 0.495 e. The summed E-state index contributed by atoms with van der Waals surface area (Å²) in [6.45, 7) is 2.05. The van der Waals surface area contributed by atoms with Crippen LogP contribution in [0.5, 0.6) is 5.75 Å². The van der Waals surface area contributed by atoms with E-state index in [-0.39, 0.29) is 11.8 Å². The number of nitrogens with one attached hydrogen (secondary N) is 1. The Kier molecular flexibility index (Phi) is 4.43. The number of amides is 1. The van der Waals surface area contributed by atoms with Gasteiger partial charge >= 0.3 is 0 Å². The molecular weight excluding hydrogens is 214 g/mol. The number of rotatable bonds is 4. The summed E-state index contributed by atoms with van der Waals surface area (Å²) in [5.74, 6) is 0.355. The summed E-state index contributed by atoms with van der Waals surface area (Å²) in [4.78, 5) is 11.2. The van der Waals surface area contributed by atoms with E-state index in [4.69, 9.17) is 16.3 Å². The normalized spacial score (nSPS) is 9.80. The van der Waals surface area contributed by atoms with E-state index in [0.717, 1.165) is 12.0 Å². The van der Waals surface area contributed by atoms with Gasteiger partial charge < -0.3 is 10.1 Å². The summed E-state index contributed by atoms with van der Waals surface area (Å²) in [5, 5.41) is 2.69. The van der Waals surface area contributed by atoms with E-state index in [1.165, 1.54) is 0 Å². The molecule has 0 unspecified atom stereocenters. The second-order valence-electron chi connectivity index (χ2n) is 3.07. The summed E-state index contributed by atoms with van der Waals surface area (Å²) in [5.41, 5.74) is 1.81. The van der Waals surface area contributed by atoms with Gasteiger partial charge in [-0.1, -0.05) is 13.0 Å². The van der Waals surface area contributed by atoms with Gasteiger partial charge in [0, 0.05) is 0 Å². The van der Waals surface area contributed by atoms with Crippen molar-refractivity contribution < 1.29 is 9.53 Å². The van der Waals surface area contributed by atoms with Gasteiger partial charge in [0.25, 0.3) is 0 Å². The number of hydrogen-bond donors (Lipinski definition) is 1. The Labute approximate surface area is 94.4 Å². The van der Waals surface area contributed by atoms with Gasteiger partial charge in [-0.2, -0.15) is 0 Å². The predicted octanol–water partition coefficient (Wildman–Crippen LogP) is 2.43. The van der Waals surface area contributed by atoms with Crippen LogP contribution in [0, 0.1) is 0 Å². The van der Waals surface area contributed by atoms with Gasteiger partial charge in [-0.25, -0.2) is 0 Å². The lowest BCUT2D eigenvalue weighted by Crippen LogP contribution is -2.13. The molecule has 1 N–H and O–H groups in total. The molecule has 1 aromatic carbocycles. The Morgan fingerprint density at radius 1 is 1.53 bits per heavy atom. The number of carbonyl (C=O) groups excluding carboxylic acids is 1. The van der Waals surface area contributed by atoms with Crippen LogP contribution in [0.3, 0.4) is 0 Å². The second-order valence-corrected chi connectivity index (χ2v) is 3.34. The van der Waals surface area contributed by atoms with E-state index in [1.807, 2.05) is 18.2 Å². The average molecular weight is 228 g/mol. The molecule has 15 heavy (non-hydrogen) atoms. The summed E-state index contributed by atoms with van der Waals surface area (Å²) in [7, 11) is 1.57. The maximum atomic E-state index is 11.2. The maximum Gasteiger partial charge on any atom is 0.239 e. The Morgan fingerprint density at radius 3 is 2.80 bits per heavy atom.